The molecule has 6 nitrogen and oxygen atoms in total. The molecule has 3 aromatic rings. The van der Waals surface area contributed by atoms with E-state index in [-0.39, 0.29) is 18.3 Å². The molecule has 0 unspecified atom stereocenters. The molecule has 1 aromatic heterocycles. The number of carbonyl (C=O) groups is 1. The molecule has 1 heterocycles. The van der Waals surface area contributed by atoms with Gasteiger partial charge in [-0.2, -0.15) is 0 Å². The monoisotopic (exact) mass is 456 g/mol. The summed E-state index contributed by atoms with van der Waals surface area (Å²) in [7, 11) is 0. The highest BCUT2D eigenvalue weighted by Gasteiger charge is 2.14. The molecule has 0 spiro atoms. The Bertz CT molecular complexity index is 1050. The normalized spacial score (nSPS) is 10.7. The third-order valence-electron chi connectivity index (χ3n) is 4.58. The lowest BCUT2D eigenvalue weighted by molar-refractivity contribution is -0.113. The molecule has 0 fully saturated rings. The maximum Gasteiger partial charge on any atom is 0.234 e. The topological polar surface area (TPSA) is 69.0 Å². The Morgan fingerprint density at radius 1 is 1.26 bits per heavy atom. The van der Waals surface area contributed by atoms with E-state index in [1.165, 1.54) is 17.3 Å². The van der Waals surface area contributed by atoms with Gasteiger partial charge in [-0.15, -0.1) is 16.8 Å². The third kappa shape index (κ3) is 6.35. The number of hydrogen-bond donors (Lipinski definition) is 1. The summed E-state index contributed by atoms with van der Waals surface area (Å²) in [5.74, 6) is 1.49. The van der Waals surface area contributed by atoms with Crippen LogP contribution in [0.1, 0.15) is 23.9 Å². The molecular formula is C23H25ClN4O2S. The van der Waals surface area contributed by atoms with E-state index >= 15 is 0 Å². The van der Waals surface area contributed by atoms with Crippen LogP contribution in [0.15, 0.2) is 60.3 Å². The maximum absolute atomic E-state index is 12.3. The molecule has 0 saturated heterocycles. The van der Waals surface area contributed by atoms with Gasteiger partial charge in [0.1, 0.15) is 12.4 Å². The van der Waals surface area contributed by atoms with Gasteiger partial charge in [0.15, 0.2) is 11.0 Å². The number of anilines is 1. The van der Waals surface area contributed by atoms with Crippen LogP contribution < -0.4 is 10.1 Å². The van der Waals surface area contributed by atoms with Crippen LogP contribution in [0.3, 0.4) is 0 Å². The lowest BCUT2D eigenvalue weighted by Gasteiger charge is -2.10. The number of amides is 1. The van der Waals surface area contributed by atoms with E-state index in [1.807, 2.05) is 47.9 Å². The summed E-state index contributed by atoms with van der Waals surface area (Å²) >= 11 is 7.39. The zero-order valence-electron chi connectivity index (χ0n) is 17.6. The number of benzene rings is 2. The zero-order valence-corrected chi connectivity index (χ0v) is 19.2. The summed E-state index contributed by atoms with van der Waals surface area (Å²) in [6.45, 7) is 8.59. The molecule has 1 N–H and O–H groups in total. The molecule has 0 aliphatic carbocycles. The highest BCUT2D eigenvalue weighted by molar-refractivity contribution is 7.99. The molecule has 1 amide bonds. The van der Waals surface area contributed by atoms with E-state index in [2.05, 4.69) is 29.0 Å². The van der Waals surface area contributed by atoms with E-state index in [0.29, 0.717) is 28.3 Å². The first-order valence-corrected chi connectivity index (χ1v) is 11.3. The molecule has 0 atom stereocenters. The first-order chi connectivity index (χ1) is 15.0. The first-order valence-electron chi connectivity index (χ1n) is 9.93. The number of aromatic nitrogens is 3. The second-order valence-corrected chi connectivity index (χ2v) is 8.23. The smallest absolute Gasteiger partial charge is 0.234 e. The lowest BCUT2D eigenvalue weighted by Crippen LogP contribution is -2.15. The van der Waals surface area contributed by atoms with Gasteiger partial charge >= 0.3 is 0 Å². The summed E-state index contributed by atoms with van der Waals surface area (Å²) in [4.78, 5) is 12.3. The highest BCUT2D eigenvalue weighted by Crippen LogP contribution is 2.23. The summed E-state index contributed by atoms with van der Waals surface area (Å²) in [6, 6.07) is 13.3. The van der Waals surface area contributed by atoms with E-state index in [0.717, 1.165) is 17.7 Å². The average molecular weight is 457 g/mol. The molecule has 0 saturated carbocycles. The average Bonchev–Trinajstić information content (AvgIpc) is 3.15. The number of allylic oxidation sites excluding steroid dienone is 1. The van der Waals surface area contributed by atoms with Crippen LogP contribution in [0.2, 0.25) is 5.02 Å². The van der Waals surface area contributed by atoms with Crippen molar-refractivity contribution < 1.29 is 9.53 Å². The molecule has 0 radical (unpaired) electrons. The van der Waals surface area contributed by atoms with Crippen molar-refractivity contribution >= 4 is 35.0 Å². The Morgan fingerprint density at radius 2 is 2.03 bits per heavy atom. The number of carbonyl (C=O) groups excluding carboxylic acids is 1. The van der Waals surface area contributed by atoms with Gasteiger partial charge in [-0.05, 0) is 54.8 Å². The second-order valence-electron chi connectivity index (χ2n) is 6.89. The Kier molecular flexibility index (Phi) is 8.14. The molecule has 162 valence electrons. The molecule has 0 aliphatic heterocycles. The number of halogens is 1. The van der Waals surface area contributed by atoms with Crippen molar-refractivity contribution in [1.29, 1.82) is 0 Å². The van der Waals surface area contributed by atoms with Crippen molar-refractivity contribution in [3.63, 3.8) is 0 Å². The number of nitrogens with zero attached hydrogens (tertiary/aromatic N) is 3. The van der Waals surface area contributed by atoms with E-state index in [1.54, 1.807) is 12.1 Å². The van der Waals surface area contributed by atoms with Crippen LogP contribution in [0.25, 0.3) is 0 Å². The largest absolute Gasteiger partial charge is 0.486 e. The summed E-state index contributed by atoms with van der Waals surface area (Å²) < 4.78 is 7.74. The van der Waals surface area contributed by atoms with Crippen LogP contribution >= 0.6 is 23.4 Å². The van der Waals surface area contributed by atoms with Crippen molar-refractivity contribution in [1.82, 2.24) is 14.8 Å². The third-order valence-corrected chi connectivity index (χ3v) is 5.97. The quantitative estimate of drug-likeness (QED) is 0.331. The Hall–Kier alpha value is -2.77. The predicted molar refractivity (Wildman–Crippen MR) is 126 cm³/mol. The van der Waals surface area contributed by atoms with E-state index < -0.39 is 0 Å². The summed E-state index contributed by atoms with van der Waals surface area (Å²) in [5.41, 5.74) is 2.95. The van der Waals surface area contributed by atoms with Crippen LogP contribution in [0, 0.1) is 6.92 Å². The minimum absolute atomic E-state index is 0.100. The van der Waals surface area contributed by atoms with Crippen molar-refractivity contribution in [3.05, 3.63) is 77.1 Å². The highest BCUT2D eigenvalue weighted by atomic mass is 35.5. The fourth-order valence-corrected chi connectivity index (χ4v) is 3.74. The van der Waals surface area contributed by atoms with Gasteiger partial charge in [0.05, 0.1) is 5.75 Å². The molecule has 0 aliphatic rings. The minimum Gasteiger partial charge on any atom is -0.486 e. The summed E-state index contributed by atoms with van der Waals surface area (Å²) in [5, 5.41) is 12.7. The molecular weight excluding hydrogens is 432 g/mol. The first kappa shape index (κ1) is 22.9. The maximum atomic E-state index is 12.3. The van der Waals surface area contributed by atoms with E-state index in [4.69, 9.17) is 16.3 Å². The molecule has 31 heavy (non-hydrogen) atoms. The van der Waals surface area contributed by atoms with Crippen LogP contribution in [0.5, 0.6) is 5.75 Å². The van der Waals surface area contributed by atoms with Crippen molar-refractivity contribution in [2.45, 2.75) is 38.6 Å². The number of nitrogens with one attached hydrogen (secondary N) is 1. The van der Waals surface area contributed by atoms with Gasteiger partial charge < -0.3 is 10.1 Å². The lowest BCUT2D eigenvalue weighted by atomic mass is 10.1. The van der Waals surface area contributed by atoms with Gasteiger partial charge in [-0.1, -0.05) is 48.5 Å². The Labute approximate surface area is 191 Å². The van der Waals surface area contributed by atoms with Crippen molar-refractivity contribution in [2.24, 2.45) is 0 Å². The Morgan fingerprint density at radius 3 is 2.71 bits per heavy atom. The van der Waals surface area contributed by atoms with Crippen molar-refractivity contribution in [3.8, 4) is 5.75 Å². The van der Waals surface area contributed by atoms with Crippen molar-refractivity contribution in [2.75, 3.05) is 11.1 Å². The molecule has 2 aromatic carbocycles. The van der Waals surface area contributed by atoms with Crippen LogP contribution in [0.4, 0.5) is 5.69 Å². The van der Waals surface area contributed by atoms with Gasteiger partial charge in [0.25, 0.3) is 0 Å². The Balaban J connectivity index is 1.60. The van der Waals surface area contributed by atoms with Gasteiger partial charge in [-0.3, -0.25) is 9.36 Å². The minimum atomic E-state index is -0.100. The molecule has 3 rings (SSSR count). The number of thioether (sulfide) groups is 1. The number of hydrogen-bond acceptors (Lipinski definition) is 5. The molecule has 8 heteroatoms. The number of ether oxygens (including phenoxy) is 1. The predicted octanol–water partition coefficient (Wildman–Crippen LogP) is 5.30. The van der Waals surface area contributed by atoms with Gasteiger partial charge in [0, 0.05) is 17.3 Å². The zero-order chi connectivity index (χ0) is 22.2. The fourth-order valence-electron chi connectivity index (χ4n) is 2.85. The van der Waals surface area contributed by atoms with Crippen LogP contribution in [-0.4, -0.2) is 26.4 Å². The fraction of sp³-hybridized carbons (Fsp3) is 0.261. The molecule has 0 bridgehead atoms. The van der Waals surface area contributed by atoms with Crippen LogP contribution in [-0.2, 0) is 24.4 Å². The van der Waals surface area contributed by atoms with E-state index in [9.17, 15) is 4.79 Å². The van der Waals surface area contributed by atoms with Gasteiger partial charge in [-0.25, -0.2) is 0 Å². The SMILES string of the molecule is C=CCn1c(COc2ccc(Cl)c(C)c2)nnc1SCC(=O)Nc1ccc(CC)cc1. The standard InChI is InChI=1S/C23H25ClN4O2S/c1-4-12-28-21(14-30-19-10-11-20(24)16(3)13-19)26-27-23(28)31-15-22(29)25-18-8-6-17(5-2)7-9-18/h4,6-11,13H,1,5,12,14-15H2,2-3H3,(H,25,29). The second kappa shape index (κ2) is 11.0. The summed E-state index contributed by atoms with van der Waals surface area (Å²) in [6.07, 6.45) is 2.73. The number of rotatable bonds is 10. The number of aryl methyl sites for hydroxylation is 2. The van der Waals surface area contributed by atoms with Gasteiger partial charge in [0.2, 0.25) is 5.91 Å².